The van der Waals surface area contributed by atoms with Gasteiger partial charge in [0.25, 0.3) is 0 Å². The molecule has 0 saturated carbocycles. The first-order chi connectivity index (χ1) is 13.1. The van der Waals surface area contributed by atoms with Gasteiger partial charge in [-0.05, 0) is 55.8 Å². The molecule has 0 aliphatic carbocycles. The molecule has 27 heavy (non-hydrogen) atoms. The highest BCUT2D eigenvalue weighted by Crippen LogP contribution is 2.30. The van der Waals surface area contributed by atoms with Crippen LogP contribution in [0.5, 0.6) is 11.5 Å². The summed E-state index contributed by atoms with van der Waals surface area (Å²) in [5.41, 5.74) is 1.74. The van der Waals surface area contributed by atoms with E-state index in [9.17, 15) is 9.18 Å². The van der Waals surface area contributed by atoms with Gasteiger partial charge in [-0.15, -0.1) is 0 Å². The van der Waals surface area contributed by atoms with Crippen molar-refractivity contribution in [2.75, 3.05) is 32.6 Å². The van der Waals surface area contributed by atoms with E-state index in [2.05, 4.69) is 10.2 Å². The number of piperidine rings is 1. The van der Waals surface area contributed by atoms with Crippen molar-refractivity contribution in [2.24, 2.45) is 5.92 Å². The van der Waals surface area contributed by atoms with Gasteiger partial charge in [-0.2, -0.15) is 0 Å². The van der Waals surface area contributed by atoms with Crippen LogP contribution in [-0.4, -0.2) is 38.1 Å². The molecule has 3 rings (SSSR count). The third-order valence-corrected chi connectivity index (χ3v) is 4.94. The van der Waals surface area contributed by atoms with Crippen LogP contribution in [0.2, 0.25) is 0 Å². The summed E-state index contributed by atoms with van der Waals surface area (Å²) >= 11 is 0. The molecule has 5 nitrogen and oxygen atoms in total. The van der Waals surface area contributed by atoms with Crippen molar-refractivity contribution < 1.29 is 18.7 Å². The number of rotatable bonds is 6. The maximum atomic E-state index is 13.0. The summed E-state index contributed by atoms with van der Waals surface area (Å²) in [6.07, 6.45) is 1.59. The lowest BCUT2D eigenvalue weighted by atomic mass is 9.95. The zero-order valence-electron chi connectivity index (χ0n) is 15.7. The average molecular weight is 372 g/mol. The number of benzene rings is 2. The minimum atomic E-state index is -0.219. The fraction of sp³-hybridized carbons (Fsp3) is 0.381. The molecular formula is C21H25FN2O3. The first-order valence-corrected chi connectivity index (χ1v) is 9.08. The maximum Gasteiger partial charge on any atom is 0.227 e. The van der Waals surface area contributed by atoms with Gasteiger partial charge in [-0.1, -0.05) is 12.1 Å². The van der Waals surface area contributed by atoms with E-state index in [4.69, 9.17) is 9.47 Å². The quantitative estimate of drug-likeness (QED) is 0.840. The normalized spacial score (nSPS) is 15.4. The number of nitrogens with one attached hydrogen (secondary N) is 1. The SMILES string of the molecule is COc1ccc(NC(=O)C2CCN(Cc3ccc(F)cc3)CC2)c(OC)c1. The molecule has 1 saturated heterocycles. The number of methoxy groups -OCH3 is 2. The van der Waals surface area contributed by atoms with Crippen LogP contribution in [0.25, 0.3) is 0 Å². The number of anilines is 1. The molecule has 1 aliphatic rings. The van der Waals surface area contributed by atoms with Crippen LogP contribution in [-0.2, 0) is 11.3 Å². The second kappa shape index (κ2) is 8.86. The van der Waals surface area contributed by atoms with Crippen LogP contribution >= 0.6 is 0 Å². The molecule has 0 atom stereocenters. The second-order valence-corrected chi connectivity index (χ2v) is 6.73. The Balaban J connectivity index is 1.53. The molecule has 6 heteroatoms. The molecule has 1 N–H and O–H groups in total. The molecule has 1 amide bonds. The molecule has 2 aromatic rings. The van der Waals surface area contributed by atoms with Crippen molar-refractivity contribution in [3.8, 4) is 11.5 Å². The molecule has 1 fully saturated rings. The molecule has 0 radical (unpaired) electrons. The third kappa shape index (κ3) is 4.98. The van der Waals surface area contributed by atoms with Crippen LogP contribution < -0.4 is 14.8 Å². The number of hydrogen-bond acceptors (Lipinski definition) is 4. The summed E-state index contributed by atoms with van der Waals surface area (Å²) < 4.78 is 23.5. The van der Waals surface area contributed by atoms with Crippen LogP contribution in [0.1, 0.15) is 18.4 Å². The molecule has 1 aliphatic heterocycles. The Morgan fingerprint density at radius 1 is 1.11 bits per heavy atom. The first kappa shape index (κ1) is 19.2. The molecule has 2 aromatic carbocycles. The van der Waals surface area contributed by atoms with E-state index in [0.29, 0.717) is 17.2 Å². The van der Waals surface area contributed by atoms with E-state index in [0.717, 1.165) is 38.0 Å². The van der Waals surface area contributed by atoms with Gasteiger partial charge in [-0.25, -0.2) is 4.39 Å². The van der Waals surface area contributed by atoms with Gasteiger partial charge in [0.15, 0.2) is 0 Å². The Labute approximate surface area is 159 Å². The standard InChI is InChI=1S/C21H25FN2O3/c1-26-18-7-8-19(20(13-18)27-2)23-21(25)16-9-11-24(12-10-16)14-15-3-5-17(22)6-4-15/h3-8,13,16H,9-12,14H2,1-2H3,(H,23,25). The van der Waals surface area contributed by atoms with Crippen LogP contribution in [0.3, 0.4) is 0 Å². The number of amides is 1. The Morgan fingerprint density at radius 2 is 1.81 bits per heavy atom. The largest absolute Gasteiger partial charge is 0.497 e. The van der Waals surface area contributed by atoms with Gasteiger partial charge in [0.1, 0.15) is 17.3 Å². The molecule has 144 valence electrons. The molecule has 0 aromatic heterocycles. The zero-order valence-corrected chi connectivity index (χ0v) is 15.7. The molecule has 1 heterocycles. The maximum absolute atomic E-state index is 13.0. The number of carbonyl (C=O) groups excluding carboxylic acids is 1. The van der Waals surface area contributed by atoms with Crippen molar-refractivity contribution in [3.63, 3.8) is 0 Å². The molecular weight excluding hydrogens is 347 g/mol. The van der Waals surface area contributed by atoms with Gasteiger partial charge in [0.2, 0.25) is 5.91 Å². The number of hydrogen-bond donors (Lipinski definition) is 1. The molecule has 0 unspecified atom stereocenters. The number of carbonyl (C=O) groups is 1. The summed E-state index contributed by atoms with van der Waals surface area (Å²) in [6, 6.07) is 11.9. The second-order valence-electron chi connectivity index (χ2n) is 6.73. The van der Waals surface area contributed by atoms with E-state index < -0.39 is 0 Å². The Hall–Kier alpha value is -2.60. The lowest BCUT2D eigenvalue weighted by Gasteiger charge is -2.31. The highest BCUT2D eigenvalue weighted by atomic mass is 19.1. The predicted octanol–water partition coefficient (Wildman–Crippen LogP) is 3.69. The van der Waals surface area contributed by atoms with E-state index in [1.807, 2.05) is 12.1 Å². The Kier molecular flexibility index (Phi) is 6.29. The van der Waals surface area contributed by atoms with Gasteiger partial charge >= 0.3 is 0 Å². The highest BCUT2D eigenvalue weighted by Gasteiger charge is 2.25. The van der Waals surface area contributed by atoms with Crippen molar-refractivity contribution in [1.82, 2.24) is 4.90 Å². The Bertz CT molecular complexity index is 771. The van der Waals surface area contributed by atoms with Crippen LogP contribution in [0.15, 0.2) is 42.5 Å². The fourth-order valence-corrected chi connectivity index (χ4v) is 3.34. The number of halogens is 1. The Morgan fingerprint density at radius 3 is 2.44 bits per heavy atom. The summed E-state index contributed by atoms with van der Waals surface area (Å²) in [7, 11) is 3.16. The van der Waals surface area contributed by atoms with Crippen molar-refractivity contribution in [3.05, 3.63) is 53.8 Å². The minimum Gasteiger partial charge on any atom is -0.497 e. The summed E-state index contributed by atoms with van der Waals surface area (Å²) in [4.78, 5) is 14.9. The van der Waals surface area contributed by atoms with Crippen molar-refractivity contribution >= 4 is 11.6 Å². The number of ether oxygens (including phenoxy) is 2. The predicted molar refractivity (Wildman–Crippen MR) is 103 cm³/mol. The summed E-state index contributed by atoms with van der Waals surface area (Å²) in [6.45, 7) is 2.46. The first-order valence-electron chi connectivity index (χ1n) is 9.08. The molecule has 0 bridgehead atoms. The lowest BCUT2D eigenvalue weighted by Crippen LogP contribution is -2.37. The smallest absolute Gasteiger partial charge is 0.227 e. The van der Waals surface area contributed by atoms with E-state index in [1.54, 1.807) is 32.4 Å². The summed E-state index contributed by atoms with van der Waals surface area (Å²) in [5.74, 6) is 1.03. The minimum absolute atomic E-state index is 0.0138. The van der Waals surface area contributed by atoms with E-state index >= 15 is 0 Å². The van der Waals surface area contributed by atoms with E-state index in [1.165, 1.54) is 12.1 Å². The van der Waals surface area contributed by atoms with Gasteiger partial charge < -0.3 is 14.8 Å². The fourth-order valence-electron chi connectivity index (χ4n) is 3.34. The van der Waals surface area contributed by atoms with E-state index in [-0.39, 0.29) is 17.6 Å². The third-order valence-electron chi connectivity index (χ3n) is 4.94. The average Bonchev–Trinajstić information content (AvgIpc) is 2.70. The summed E-state index contributed by atoms with van der Waals surface area (Å²) in [5, 5.41) is 2.97. The topological polar surface area (TPSA) is 50.8 Å². The van der Waals surface area contributed by atoms with Gasteiger partial charge in [0.05, 0.1) is 19.9 Å². The van der Waals surface area contributed by atoms with Gasteiger partial charge in [0, 0.05) is 18.5 Å². The van der Waals surface area contributed by atoms with Gasteiger partial charge in [-0.3, -0.25) is 9.69 Å². The zero-order chi connectivity index (χ0) is 19.2. The van der Waals surface area contributed by atoms with Crippen molar-refractivity contribution in [2.45, 2.75) is 19.4 Å². The number of likely N-dealkylation sites (tertiary alicyclic amines) is 1. The van der Waals surface area contributed by atoms with Crippen LogP contribution in [0, 0.1) is 11.7 Å². The lowest BCUT2D eigenvalue weighted by molar-refractivity contribution is -0.121. The highest BCUT2D eigenvalue weighted by molar-refractivity contribution is 5.94. The van der Waals surface area contributed by atoms with Crippen LogP contribution in [0.4, 0.5) is 10.1 Å². The van der Waals surface area contributed by atoms with Crippen molar-refractivity contribution in [1.29, 1.82) is 0 Å². The number of nitrogens with zero attached hydrogens (tertiary/aromatic N) is 1. The monoisotopic (exact) mass is 372 g/mol. The molecule has 0 spiro atoms.